The van der Waals surface area contributed by atoms with E-state index in [0.717, 1.165) is 6.42 Å². The number of nitrogens with two attached hydrogens (primary N) is 1. The Hall–Kier alpha value is -3.08. The molecule has 136 valence electrons. The summed E-state index contributed by atoms with van der Waals surface area (Å²) < 4.78 is 1.52. The van der Waals surface area contributed by atoms with Crippen LogP contribution in [-0.4, -0.2) is 22.2 Å². The quantitative estimate of drug-likeness (QED) is 0.756. The lowest BCUT2D eigenvalue weighted by Crippen LogP contribution is -2.39. The zero-order valence-corrected chi connectivity index (χ0v) is 15.2. The number of hydrogen-bond acceptors (Lipinski definition) is 3. The van der Waals surface area contributed by atoms with E-state index in [4.69, 9.17) is 5.73 Å². The first-order valence-corrected chi connectivity index (χ1v) is 9.38. The standard InChI is InChI=1S/C22H22N4O/c1-26-21(23)19(12-25-26)22(27)24-11-13-10-18-14-6-2-4-8-16(14)20(13)17-9-5-3-7-15(17)18/h2-9,12-13,18,20H,10-11,23H2,1H3,(H,24,27)/t13-,18?,20?/m0/s1. The molecule has 3 N–H and O–H groups in total. The summed E-state index contributed by atoms with van der Waals surface area (Å²) in [5, 5.41) is 7.16. The summed E-state index contributed by atoms with van der Waals surface area (Å²) in [6.07, 6.45) is 2.59. The molecule has 5 nitrogen and oxygen atoms in total. The Morgan fingerprint density at radius 1 is 1.11 bits per heavy atom. The van der Waals surface area contributed by atoms with Gasteiger partial charge in [0.25, 0.3) is 5.91 Å². The zero-order valence-electron chi connectivity index (χ0n) is 15.2. The third-order valence-electron chi connectivity index (χ3n) is 6.18. The van der Waals surface area contributed by atoms with E-state index in [9.17, 15) is 4.79 Å². The normalized spacial score (nSPS) is 22.2. The number of nitrogens with one attached hydrogen (secondary N) is 1. The van der Waals surface area contributed by atoms with E-state index >= 15 is 0 Å². The van der Waals surface area contributed by atoms with Crippen LogP contribution in [0.2, 0.25) is 0 Å². The van der Waals surface area contributed by atoms with Crippen LogP contribution in [0.1, 0.15) is 50.9 Å². The second-order valence-corrected chi connectivity index (χ2v) is 7.56. The molecule has 5 heteroatoms. The van der Waals surface area contributed by atoms with Gasteiger partial charge in [-0.1, -0.05) is 48.5 Å². The van der Waals surface area contributed by atoms with E-state index in [2.05, 4.69) is 58.9 Å². The van der Waals surface area contributed by atoms with Crippen molar-refractivity contribution in [3.05, 3.63) is 82.5 Å². The Balaban J connectivity index is 1.44. The van der Waals surface area contributed by atoms with Crippen LogP contribution in [0.5, 0.6) is 0 Å². The summed E-state index contributed by atoms with van der Waals surface area (Å²) >= 11 is 0. The molecule has 0 saturated heterocycles. The van der Waals surface area contributed by atoms with Gasteiger partial charge in [0.2, 0.25) is 0 Å². The second kappa shape index (κ2) is 5.98. The zero-order chi connectivity index (χ0) is 18.5. The second-order valence-electron chi connectivity index (χ2n) is 7.56. The Labute approximate surface area is 158 Å². The van der Waals surface area contributed by atoms with Crippen LogP contribution in [0.3, 0.4) is 0 Å². The highest BCUT2D eigenvalue weighted by Crippen LogP contribution is 2.55. The third kappa shape index (κ3) is 2.38. The monoisotopic (exact) mass is 358 g/mol. The van der Waals surface area contributed by atoms with Gasteiger partial charge >= 0.3 is 0 Å². The van der Waals surface area contributed by atoms with Crippen molar-refractivity contribution >= 4 is 11.7 Å². The molecule has 6 rings (SSSR count). The van der Waals surface area contributed by atoms with E-state index in [1.54, 1.807) is 7.05 Å². The minimum Gasteiger partial charge on any atom is -0.383 e. The number of aromatic nitrogens is 2. The van der Waals surface area contributed by atoms with Gasteiger partial charge < -0.3 is 11.1 Å². The summed E-state index contributed by atoms with van der Waals surface area (Å²) in [4.78, 5) is 12.6. The van der Waals surface area contributed by atoms with Gasteiger partial charge in [-0.3, -0.25) is 9.48 Å². The van der Waals surface area contributed by atoms with Crippen molar-refractivity contribution in [1.29, 1.82) is 0 Å². The molecule has 1 atom stereocenters. The molecule has 0 fully saturated rings. The highest BCUT2D eigenvalue weighted by molar-refractivity contribution is 5.98. The van der Waals surface area contributed by atoms with E-state index < -0.39 is 0 Å². The number of fused-ring (bicyclic) bond motifs is 1. The molecule has 0 spiro atoms. The fraction of sp³-hybridized carbons (Fsp3) is 0.273. The van der Waals surface area contributed by atoms with Gasteiger partial charge in [0.05, 0.1) is 6.20 Å². The van der Waals surface area contributed by atoms with Gasteiger partial charge in [-0.15, -0.1) is 0 Å². The molecule has 1 aromatic heterocycles. The van der Waals surface area contributed by atoms with Crippen molar-refractivity contribution < 1.29 is 4.79 Å². The van der Waals surface area contributed by atoms with Crippen molar-refractivity contribution in [1.82, 2.24) is 15.1 Å². The van der Waals surface area contributed by atoms with Gasteiger partial charge in [0, 0.05) is 25.4 Å². The van der Waals surface area contributed by atoms with Crippen LogP contribution in [0, 0.1) is 5.92 Å². The molecule has 0 saturated carbocycles. The lowest BCUT2D eigenvalue weighted by atomic mass is 9.59. The summed E-state index contributed by atoms with van der Waals surface area (Å²) in [6.45, 7) is 0.636. The maximum atomic E-state index is 12.6. The van der Waals surface area contributed by atoms with Gasteiger partial charge in [0.15, 0.2) is 0 Å². The Morgan fingerprint density at radius 2 is 1.70 bits per heavy atom. The number of hydrogen-bond donors (Lipinski definition) is 2. The molecule has 1 heterocycles. The third-order valence-corrected chi connectivity index (χ3v) is 6.18. The van der Waals surface area contributed by atoms with Crippen LogP contribution in [0.25, 0.3) is 0 Å². The molecular formula is C22H22N4O. The average molecular weight is 358 g/mol. The first kappa shape index (κ1) is 16.1. The number of benzene rings is 2. The molecule has 3 aromatic rings. The van der Waals surface area contributed by atoms with Crippen LogP contribution < -0.4 is 11.1 Å². The highest BCUT2D eigenvalue weighted by Gasteiger charge is 2.42. The van der Waals surface area contributed by atoms with Crippen molar-refractivity contribution in [2.24, 2.45) is 13.0 Å². The maximum absolute atomic E-state index is 12.6. The van der Waals surface area contributed by atoms with Gasteiger partial charge in [-0.05, 0) is 34.6 Å². The molecule has 1 amide bonds. The number of anilines is 1. The molecule has 0 aliphatic heterocycles. The van der Waals surface area contributed by atoms with Crippen molar-refractivity contribution in [2.75, 3.05) is 12.3 Å². The number of carbonyl (C=O) groups excluding carboxylic acids is 1. The molecule has 2 aromatic carbocycles. The summed E-state index contributed by atoms with van der Waals surface area (Å²) in [5.41, 5.74) is 12.1. The first-order chi connectivity index (χ1) is 13.1. The minimum absolute atomic E-state index is 0.149. The molecule has 3 aliphatic rings. The van der Waals surface area contributed by atoms with E-state index in [-0.39, 0.29) is 5.91 Å². The lowest BCUT2D eigenvalue weighted by Gasteiger charge is -2.45. The van der Waals surface area contributed by atoms with Crippen molar-refractivity contribution in [3.63, 3.8) is 0 Å². The van der Waals surface area contributed by atoms with E-state index in [1.165, 1.54) is 33.1 Å². The maximum Gasteiger partial charge on any atom is 0.256 e. The highest BCUT2D eigenvalue weighted by atomic mass is 16.1. The molecule has 2 bridgehead atoms. The van der Waals surface area contributed by atoms with Crippen LogP contribution in [-0.2, 0) is 7.05 Å². The smallest absolute Gasteiger partial charge is 0.256 e. The molecular weight excluding hydrogens is 336 g/mol. The number of aryl methyl sites for hydroxylation is 1. The molecule has 0 radical (unpaired) electrons. The fourth-order valence-electron chi connectivity index (χ4n) is 4.90. The predicted molar refractivity (Wildman–Crippen MR) is 105 cm³/mol. The van der Waals surface area contributed by atoms with Crippen LogP contribution >= 0.6 is 0 Å². The molecule has 3 aliphatic carbocycles. The summed E-state index contributed by atoms with van der Waals surface area (Å²) in [5.74, 6) is 1.36. The number of nitrogen functional groups attached to an aromatic ring is 1. The predicted octanol–water partition coefficient (Wildman–Crippen LogP) is 3.03. The first-order valence-electron chi connectivity index (χ1n) is 9.38. The average Bonchev–Trinajstić information content (AvgIpc) is 3.05. The number of nitrogens with zero attached hydrogens (tertiary/aromatic N) is 2. The van der Waals surface area contributed by atoms with Gasteiger partial charge in [-0.25, -0.2) is 0 Å². The number of amides is 1. The minimum atomic E-state index is -0.149. The van der Waals surface area contributed by atoms with E-state index in [1.807, 2.05) is 0 Å². The molecule has 0 unspecified atom stereocenters. The summed E-state index contributed by atoms with van der Waals surface area (Å²) in [6, 6.07) is 17.5. The fourth-order valence-corrected chi connectivity index (χ4v) is 4.90. The Bertz CT molecular complexity index is 991. The van der Waals surface area contributed by atoms with Gasteiger partial charge in [-0.2, -0.15) is 5.10 Å². The molecule has 27 heavy (non-hydrogen) atoms. The largest absolute Gasteiger partial charge is 0.383 e. The van der Waals surface area contributed by atoms with E-state index in [0.29, 0.717) is 35.7 Å². The number of rotatable bonds is 3. The Morgan fingerprint density at radius 3 is 2.26 bits per heavy atom. The van der Waals surface area contributed by atoms with Crippen LogP contribution in [0.4, 0.5) is 5.82 Å². The summed E-state index contributed by atoms with van der Waals surface area (Å²) in [7, 11) is 1.74. The van der Waals surface area contributed by atoms with Crippen LogP contribution in [0.15, 0.2) is 54.7 Å². The number of carbonyl (C=O) groups is 1. The SMILES string of the molecule is Cn1ncc(C(=O)NC[C@@H]2CC3c4ccccc4C2c2ccccc23)c1N. The van der Waals surface area contributed by atoms with Gasteiger partial charge in [0.1, 0.15) is 11.4 Å². The van der Waals surface area contributed by atoms with Crippen molar-refractivity contribution in [3.8, 4) is 0 Å². The topological polar surface area (TPSA) is 72.9 Å². The van der Waals surface area contributed by atoms with Crippen molar-refractivity contribution in [2.45, 2.75) is 18.3 Å². The Kier molecular flexibility index (Phi) is 3.57. The lowest BCUT2D eigenvalue weighted by molar-refractivity contribution is 0.0943.